The highest BCUT2D eigenvalue weighted by Gasteiger charge is 2.58. The average Bonchev–Trinajstić information content (AvgIpc) is 2.54. The standard InChI is InChI=1S/C22H22Cl2/c23-19-6-4-17(5-7-19)21-10-15-8-16(11-21)13-22(12-15,14-21)18-2-1-3-20(24)9-18/h1-7,9,15-16H,8,10-14H2. The van der Waals surface area contributed by atoms with Gasteiger partial charge >= 0.3 is 0 Å². The molecular weight excluding hydrogens is 335 g/mol. The molecule has 0 radical (unpaired) electrons. The van der Waals surface area contributed by atoms with Crippen LogP contribution in [0.5, 0.6) is 0 Å². The van der Waals surface area contributed by atoms with Gasteiger partial charge in [-0.3, -0.25) is 0 Å². The Morgan fingerprint density at radius 3 is 1.96 bits per heavy atom. The Morgan fingerprint density at radius 2 is 1.33 bits per heavy atom. The lowest BCUT2D eigenvalue weighted by molar-refractivity contribution is -0.0281. The summed E-state index contributed by atoms with van der Waals surface area (Å²) in [7, 11) is 0. The molecule has 0 aromatic heterocycles. The molecule has 0 aliphatic heterocycles. The predicted molar refractivity (Wildman–Crippen MR) is 101 cm³/mol. The second kappa shape index (κ2) is 5.26. The third kappa shape index (κ3) is 2.26. The van der Waals surface area contributed by atoms with Gasteiger partial charge in [-0.25, -0.2) is 0 Å². The zero-order chi connectivity index (χ0) is 16.4. The van der Waals surface area contributed by atoms with Gasteiger partial charge in [0.25, 0.3) is 0 Å². The zero-order valence-electron chi connectivity index (χ0n) is 13.8. The van der Waals surface area contributed by atoms with Crippen LogP contribution in [0.15, 0.2) is 48.5 Å². The van der Waals surface area contributed by atoms with Gasteiger partial charge in [-0.05, 0) is 96.6 Å². The number of rotatable bonds is 2. The van der Waals surface area contributed by atoms with E-state index in [9.17, 15) is 0 Å². The fraction of sp³-hybridized carbons (Fsp3) is 0.455. The van der Waals surface area contributed by atoms with Crippen molar-refractivity contribution < 1.29 is 0 Å². The normalized spacial score (nSPS) is 36.9. The van der Waals surface area contributed by atoms with Gasteiger partial charge in [-0.2, -0.15) is 0 Å². The van der Waals surface area contributed by atoms with Crippen molar-refractivity contribution in [3.05, 3.63) is 69.7 Å². The first-order chi connectivity index (χ1) is 11.6. The largest absolute Gasteiger partial charge is 0.0843 e. The molecule has 24 heavy (non-hydrogen) atoms. The summed E-state index contributed by atoms with van der Waals surface area (Å²) in [5.41, 5.74) is 3.65. The van der Waals surface area contributed by atoms with Crippen molar-refractivity contribution in [2.24, 2.45) is 11.8 Å². The molecule has 2 atom stereocenters. The van der Waals surface area contributed by atoms with Crippen LogP contribution in [-0.2, 0) is 10.8 Å². The van der Waals surface area contributed by atoms with Crippen molar-refractivity contribution >= 4 is 23.2 Å². The van der Waals surface area contributed by atoms with Gasteiger partial charge in [0.05, 0.1) is 0 Å². The fourth-order valence-electron chi connectivity index (χ4n) is 6.56. The van der Waals surface area contributed by atoms with E-state index in [2.05, 4.69) is 42.5 Å². The van der Waals surface area contributed by atoms with Gasteiger partial charge in [-0.1, -0.05) is 47.5 Å². The van der Waals surface area contributed by atoms with Crippen LogP contribution in [0, 0.1) is 11.8 Å². The Hall–Kier alpha value is -0.980. The molecule has 4 fully saturated rings. The molecule has 2 unspecified atom stereocenters. The molecule has 0 saturated heterocycles. The summed E-state index contributed by atoms with van der Waals surface area (Å²) < 4.78 is 0. The molecule has 2 heteroatoms. The second-order valence-electron chi connectivity index (χ2n) is 8.54. The number of benzene rings is 2. The van der Waals surface area contributed by atoms with Crippen molar-refractivity contribution in [1.29, 1.82) is 0 Å². The SMILES string of the molecule is Clc1ccc(C23CC4CC(C2)CC(c2cccc(Cl)c2)(C4)C3)cc1. The molecule has 4 aliphatic rings. The minimum atomic E-state index is 0.328. The topological polar surface area (TPSA) is 0 Å². The summed E-state index contributed by atoms with van der Waals surface area (Å²) >= 11 is 12.5. The van der Waals surface area contributed by atoms with Crippen molar-refractivity contribution in [1.82, 2.24) is 0 Å². The zero-order valence-corrected chi connectivity index (χ0v) is 15.3. The van der Waals surface area contributed by atoms with Gasteiger partial charge in [0.15, 0.2) is 0 Å². The van der Waals surface area contributed by atoms with Crippen molar-refractivity contribution in [3.8, 4) is 0 Å². The molecule has 0 heterocycles. The Morgan fingerprint density at radius 1 is 0.708 bits per heavy atom. The molecule has 4 saturated carbocycles. The van der Waals surface area contributed by atoms with E-state index in [1.165, 1.54) is 49.7 Å². The first-order valence-corrected chi connectivity index (χ1v) is 9.85. The molecule has 0 N–H and O–H groups in total. The van der Waals surface area contributed by atoms with Crippen LogP contribution in [0.1, 0.15) is 49.7 Å². The van der Waals surface area contributed by atoms with Gasteiger partial charge < -0.3 is 0 Å². The van der Waals surface area contributed by atoms with Crippen LogP contribution in [0.4, 0.5) is 0 Å². The predicted octanol–water partition coefficient (Wildman–Crippen LogP) is 6.78. The smallest absolute Gasteiger partial charge is 0.0408 e. The summed E-state index contributed by atoms with van der Waals surface area (Å²) in [6.45, 7) is 0. The molecule has 0 spiro atoms. The number of halogens is 2. The Balaban J connectivity index is 1.61. The molecule has 6 rings (SSSR count). The summed E-state index contributed by atoms with van der Waals surface area (Å²) in [6.07, 6.45) is 8.10. The minimum Gasteiger partial charge on any atom is -0.0843 e. The number of hydrogen-bond acceptors (Lipinski definition) is 0. The first kappa shape index (κ1) is 15.3. The second-order valence-corrected chi connectivity index (χ2v) is 9.41. The van der Waals surface area contributed by atoms with E-state index in [-0.39, 0.29) is 0 Å². The van der Waals surface area contributed by atoms with Gasteiger partial charge in [0.1, 0.15) is 0 Å². The third-order valence-corrected chi connectivity index (χ3v) is 7.44. The molecule has 124 valence electrons. The molecule has 2 aromatic carbocycles. The Labute approximate surface area is 154 Å². The highest BCUT2D eigenvalue weighted by Crippen LogP contribution is 2.66. The van der Waals surface area contributed by atoms with E-state index in [4.69, 9.17) is 23.2 Å². The van der Waals surface area contributed by atoms with E-state index in [0.29, 0.717) is 10.8 Å². The van der Waals surface area contributed by atoms with Crippen LogP contribution >= 0.6 is 23.2 Å². The summed E-state index contributed by atoms with van der Waals surface area (Å²) in [4.78, 5) is 0. The minimum absolute atomic E-state index is 0.328. The van der Waals surface area contributed by atoms with E-state index in [1.807, 2.05) is 6.07 Å². The van der Waals surface area contributed by atoms with Crippen LogP contribution in [0.25, 0.3) is 0 Å². The average molecular weight is 357 g/mol. The molecule has 4 aliphatic carbocycles. The summed E-state index contributed by atoms with van der Waals surface area (Å²) in [5.74, 6) is 1.72. The molecule has 2 aromatic rings. The van der Waals surface area contributed by atoms with Crippen LogP contribution in [0.2, 0.25) is 10.0 Å². The number of hydrogen-bond donors (Lipinski definition) is 0. The van der Waals surface area contributed by atoms with E-state index in [0.717, 1.165) is 21.9 Å². The lowest BCUT2D eigenvalue weighted by Gasteiger charge is -2.62. The van der Waals surface area contributed by atoms with Crippen LogP contribution < -0.4 is 0 Å². The molecule has 4 bridgehead atoms. The maximum absolute atomic E-state index is 6.34. The molecular formula is C22H22Cl2. The van der Waals surface area contributed by atoms with E-state index >= 15 is 0 Å². The van der Waals surface area contributed by atoms with Crippen LogP contribution in [-0.4, -0.2) is 0 Å². The highest BCUT2D eigenvalue weighted by molar-refractivity contribution is 6.30. The van der Waals surface area contributed by atoms with E-state index < -0.39 is 0 Å². The summed E-state index contributed by atoms with van der Waals surface area (Å²) in [5, 5.41) is 1.72. The highest BCUT2D eigenvalue weighted by atomic mass is 35.5. The third-order valence-electron chi connectivity index (χ3n) is 6.95. The van der Waals surface area contributed by atoms with E-state index in [1.54, 1.807) is 0 Å². The first-order valence-electron chi connectivity index (χ1n) is 9.09. The Bertz CT molecular complexity index is 763. The molecule has 0 amide bonds. The van der Waals surface area contributed by atoms with Crippen molar-refractivity contribution in [2.45, 2.75) is 49.4 Å². The maximum Gasteiger partial charge on any atom is 0.0408 e. The molecule has 0 nitrogen and oxygen atoms in total. The monoisotopic (exact) mass is 356 g/mol. The Kier molecular flexibility index (Phi) is 3.35. The lowest BCUT2D eigenvalue weighted by atomic mass is 9.42. The van der Waals surface area contributed by atoms with Gasteiger partial charge in [0, 0.05) is 10.0 Å². The van der Waals surface area contributed by atoms with Gasteiger partial charge in [-0.15, -0.1) is 0 Å². The summed E-state index contributed by atoms with van der Waals surface area (Å²) in [6, 6.07) is 17.4. The quantitative estimate of drug-likeness (QED) is 0.555. The van der Waals surface area contributed by atoms with Crippen LogP contribution in [0.3, 0.4) is 0 Å². The van der Waals surface area contributed by atoms with Crippen molar-refractivity contribution in [2.75, 3.05) is 0 Å². The van der Waals surface area contributed by atoms with Gasteiger partial charge in [0.2, 0.25) is 0 Å². The van der Waals surface area contributed by atoms with Crippen molar-refractivity contribution in [3.63, 3.8) is 0 Å². The fourth-order valence-corrected chi connectivity index (χ4v) is 6.88. The maximum atomic E-state index is 6.34. The lowest BCUT2D eigenvalue weighted by Crippen LogP contribution is -2.55.